The molecule has 4 nitrogen and oxygen atoms in total. The molecule has 2 aliphatic heterocycles. The summed E-state index contributed by atoms with van der Waals surface area (Å²) in [5.41, 5.74) is 10.8. The molecule has 7 rings (SSSR count). The van der Waals surface area contributed by atoms with E-state index in [2.05, 4.69) is 210 Å². The Morgan fingerprint density at radius 3 is 0.827 bits per heavy atom. The third-order valence-corrected chi connectivity index (χ3v) is 11.5. The molecule has 0 spiro atoms. The van der Waals surface area contributed by atoms with E-state index < -0.39 is 0 Å². The topological polar surface area (TPSA) is 24.9 Å². The molecule has 0 fully saturated rings. The molecule has 0 aliphatic carbocycles. The lowest BCUT2D eigenvalue weighted by atomic mass is 9.86. The van der Waals surface area contributed by atoms with Crippen LogP contribution in [0.5, 0.6) is 23.0 Å². The van der Waals surface area contributed by atoms with Crippen molar-refractivity contribution in [3.63, 3.8) is 0 Å². The molecular formula is C46H50Br2N2O2. The number of ether oxygens (including phenoxy) is 2. The zero-order valence-corrected chi connectivity index (χ0v) is 35.7. The second-order valence-corrected chi connectivity index (χ2v) is 20.1. The molecule has 0 bridgehead atoms. The van der Waals surface area contributed by atoms with Gasteiger partial charge < -0.3 is 19.3 Å². The van der Waals surface area contributed by atoms with Gasteiger partial charge >= 0.3 is 0 Å². The highest BCUT2D eigenvalue weighted by Gasteiger charge is 2.34. The molecule has 0 N–H and O–H groups in total. The van der Waals surface area contributed by atoms with E-state index in [9.17, 15) is 0 Å². The van der Waals surface area contributed by atoms with Gasteiger partial charge in [-0.15, -0.1) is 0 Å². The Kier molecular flexibility index (Phi) is 8.74. The summed E-state index contributed by atoms with van der Waals surface area (Å²) in [5, 5.41) is 0. The van der Waals surface area contributed by atoms with E-state index in [1.807, 2.05) is 0 Å². The summed E-state index contributed by atoms with van der Waals surface area (Å²) in [6.07, 6.45) is 0. The van der Waals surface area contributed by atoms with Gasteiger partial charge in [-0.3, -0.25) is 0 Å². The van der Waals surface area contributed by atoms with Crippen molar-refractivity contribution >= 4 is 66.0 Å². The largest absolute Gasteiger partial charge is 0.453 e. The first kappa shape index (κ1) is 36.6. The van der Waals surface area contributed by atoms with Crippen LogP contribution in [0.1, 0.15) is 105 Å². The van der Waals surface area contributed by atoms with E-state index >= 15 is 0 Å². The predicted octanol–water partition coefficient (Wildman–Crippen LogP) is 15.6. The number of fused-ring (bicyclic) bond motifs is 4. The van der Waals surface area contributed by atoms with Gasteiger partial charge in [0.1, 0.15) is 0 Å². The summed E-state index contributed by atoms with van der Waals surface area (Å²) >= 11 is 8.01. The van der Waals surface area contributed by atoms with Crippen LogP contribution in [0.2, 0.25) is 0 Å². The van der Waals surface area contributed by atoms with E-state index in [4.69, 9.17) is 9.47 Å². The molecule has 5 aromatic rings. The van der Waals surface area contributed by atoms with Gasteiger partial charge in [0.15, 0.2) is 23.0 Å². The molecule has 52 heavy (non-hydrogen) atoms. The zero-order valence-electron chi connectivity index (χ0n) is 32.5. The van der Waals surface area contributed by atoms with Crippen molar-refractivity contribution in [2.75, 3.05) is 9.80 Å². The highest BCUT2D eigenvalue weighted by Crippen LogP contribution is 2.58. The van der Waals surface area contributed by atoms with Crippen molar-refractivity contribution in [3.05, 3.63) is 116 Å². The number of hydrogen-bond donors (Lipinski definition) is 0. The summed E-state index contributed by atoms with van der Waals surface area (Å²) in [7, 11) is 0. The first-order valence-corrected chi connectivity index (χ1v) is 19.7. The Hall–Kier alpha value is -3.74. The van der Waals surface area contributed by atoms with Crippen molar-refractivity contribution in [1.82, 2.24) is 0 Å². The second kappa shape index (κ2) is 12.4. The quantitative estimate of drug-likeness (QED) is 0.173. The minimum absolute atomic E-state index is 0.0288. The molecule has 0 aromatic heterocycles. The smallest absolute Gasteiger partial charge is 0.151 e. The van der Waals surface area contributed by atoms with Crippen LogP contribution in [-0.4, -0.2) is 0 Å². The zero-order chi connectivity index (χ0) is 37.7. The lowest BCUT2D eigenvalue weighted by molar-refractivity contribution is 0.469. The van der Waals surface area contributed by atoms with E-state index in [0.717, 1.165) is 66.1 Å². The first-order valence-electron chi connectivity index (χ1n) is 18.1. The Morgan fingerprint density at radius 2 is 0.596 bits per heavy atom. The standard InChI is InChI=1S/C46H50Br2N2O2/c1-43(2,3)27-13-17-33-39(21-27)51-40-22-28(44(4,5)6)14-18-34(40)49(33)37-26-38(32(48)25-31(37)47)50-35-19-15-29(45(7,8)9)23-41(35)52-42-24-30(46(10,11)12)16-20-36(42)50/h13-26H,1-12H3. The normalized spacial score (nSPS) is 14.2. The van der Waals surface area contributed by atoms with Gasteiger partial charge in [-0.2, -0.15) is 0 Å². The molecule has 270 valence electrons. The number of hydrogen-bond acceptors (Lipinski definition) is 4. The van der Waals surface area contributed by atoms with E-state index in [1.54, 1.807) is 0 Å². The highest BCUT2D eigenvalue weighted by molar-refractivity contribution is 9.11. The fraction of sp³-hybridized carbons (Fsp3) is 0.348. The average molecular weight is 823 g/mol. The molecule has 6 heteroatoms. The van der Waals surface area contributed by atoms with Gasteiger partial charge in [0.2, 0.25) is 0 Å². The van der Waals surface area contributed by atoms with Gasteiger partial charge in [0, 0.05) is 8.95 Å². The van der Waals surface area contributed by atoms with Crippen LogP contribution in [-0.2, 0) is 21.7 Å². The molecule has 2 heterocycles. The van der Waals surface area contributed by atoms with E-state index in [0.29, 0.717) is 0 Å². The van der Waals surface area contributed by atoms with Crippen LogP contribution in [0.15, 0.2) is 93.9 Å². The maximum Gasteiger partial charge on any atom is 0.151 e. The number of halogens is 2. The third-order valence-electron chi connectivity index (χ3n) is 10.2. The van der Waals surface area contributed by atoms with Crippen molar-refractivity contribution in [2.24, 2.45) is 0 Å². The van der Waals surface area contributed by atoms with Crippen LogP contribution in [0.4, 0.5) is 34.1 Å². The molecule has 0 atom stereocenters. The van der Waals surface area contributed by atoms with E-state index in [1.165, 1.54) is 22.3 Å². The van der Waals surface area contributed by atoms with Crippen LogP contribution >= 0.6 is 31.9 Å². The minimum Gasteiger partial charge on any atom is -0.453 e. The summed E-state index contributed by atoms with van der Waals surface area (Å²) in [5.74, 6) is 3.37. The van der Waals surface area contributed by atoms with Gasteiger partial charge in [-0.05, 0) is 136 Å². The van der Waals surface area contributed by atoms with Crippen LogP contribution in [0, 0.1) is 0 Å². The number of benzene rings is 5. The lowest BCUT2D eigenvalue weighted by Crippen LogP contribution is -2.21. The summed E-state index contributed by atoms with van der Waals surface area (Å²) in [4.78, 5) is 4.67. The molecule has 0 unspecified atom stereocenters. The monoisotopic (exact) mass is 820 g/mol. The van der Waals surface area contributed by atoms with Gasteiger partial charge in [-0.25, -0.2) is 0 Å². The summed E-state index contributed by atoms with van der Waals surface area (Å²) in [6, 6.07) is 31.0. The van der Waals surface area contributed by atoms with E-state index in [-0.39, 0.29) is 21.7 Å². The van der Waals surface area contributed by atoms with Gasteiger partial charge in [0.05, 0.1) is 34.1 Å². The fourth-order valence-corrected chi connectivity index (χ4v) is 8.22. The molecular weight excluding hydrogens is 772 g/mol. The summed E-state index contributed by atoms with van der Waals surface area (Å²) < 4.78 is 15.5. The first-order chi connectivity index (χ1) is 24.1. The SMILES string of the molecule is CC(C)(C)c1ccc2c(c1)Oc1cc(C(C)(C)C)ccc1N2c1cc(N2c3ccc(C(C)(C)C)cc3Oc3cc(C(C)(C)C)ccc32)c(Br)cc1Br. The number of nitrogens with zero attached hydrogens (tertiary/aromatic N) is 2. The Morgan fingerprint density at radius 1 is 0.346 bits per heavy atom. The summed E-state index contributed by atoms with van der Waals surface area (Å²) in [6.45, 7) is 26.9. The van der Waals surface area contributed by atoms with Crippen molar-refractivity contribution < 1.29 is 9.47 Å². The van der Waals surface area contributed by atoms with Crippen LogP contribution in [0.3, 0.4) is 0 Å². The van der Waals surface area contributed by atoms with Gasteiger partial charge in [0.25, 0.3) is 0 Å². The molecule has 0 saturated heterocycles. The highest BCUT2D eigenvalue weighted by atomic mass is 79.9. The van der Waals surface area contributed by atoms with Crippen LogP contribution < -0.4 is 19.3 Å². The number of anilines is 6. The maximum absolute atomic E-state index is 6.79. The Labute approximate surface area is 327 Å². The van der Waals surface area contributed by atoms with Gasteiger partial charge in [-0.1, -0.05) is 107 Å². The maximum atomic E-state index is 6.79. The Bertz CT molecular complexity index is 1950. The molecule has 0 saturated carbocycles. The minimum atomic E-state index is -0.0288. The predicted molar refractivity (Wildman–Crippen MR) is 226 cm³/mol. The second-order valence-electron chi connectivity index (χ2n) is 18.4. The van der Waals surface area contributed by atoms with Crippen molar-refractivity contribution in [2.45, 2.75) is 105 Å². The fourth-order valence-electron chi connectivity index (χ4n) is 6.87. The Balaban J connectivity index is 1.47. The molecule has 0 amide bonds. The lowest BCUT2D eigenvalue weighted by Gasteiger charge is -2.38. The average Bonchev–Trinajstić information content (AvgIpc) is 3.04. The van der Waals surface area contributed by atoms with Crippen molar-refractivity contribution in [3.8, 4) is 23.0 Å². The van der Waals surface area contributed by atoms with Crippen LogP contribution in [0.25, 0.3) is 0 Å². The molecule has 2 aliphatic rings. The third kappa shape index (κ3) is 6.55. The van der Waals surface area contributed by atoms with Crippen molar-refractivity contribution in [1.29, 1.82) is 0 Å². The molecule has 5 aromatic carbocycles. The number of rotatable bonds is 2. The molecule has 0 radical (unpaired) electrons.